The third-order valence-electron chi connectivity index (χ3n) is 4.93. The van der Waals surface area contributed by atoms with Crippen molar-refractivity contribution >= 4 is 17.4 Å². The molecule has 2 heterocycles. The lowest BCUT2D eigenvalue weighted by molar-refractivity contribution is -0.389. The van der Waals surface area contributed by atoms with Crippen LogP contribution in [0.4, 0.5) is 11.5 Å². The van der Waals surface area contributed by atoms with Gasteiger partial charge < -0.3 is 15.4 Å². The van der Waals surface area contributed by atoms with Gasteiger partial charge in [0.25, 0.3) is 5.91 Å². The van der Waals surface area contributed by atoms with E-state index in [1.807, 2.05) is 25.5 Å². The monoisotopic (exact) mass is 396 g/mol. The summed E-state index contributed by atoms with van der Waals surface area (Å²) in [4.78, 5) is 23.1. The van der Waals surface area contributed by atoms with Crippen LogP contribution in [0.15, 0.2) is 30.3 Å². The van der Waals surface area contributed by atoms with Gasteiger partial charge >= 0.3 is 5.82 Å². The fraction of sp³-hybridized carbons (Fsp3) is 0.350. The molecule has 152 valence electrons. The quantitative estimate of drug-likeness (QED) is 0.507. The first-order valence-corrected chi connectivity index (χ1v) is 9.28. The zero-order valence-electron chi connectivity index (χ0n) is 17.1. The van der Waals surface area contributed by atoms with E-state index in [0.29, 0.717) is 23.6 Å². The Balaban J connectivity index is 1.79. The molecule has 0 aliphatic carbocycles. The predicted octanol–water partition coefficient (Wildman–Crippen LogP) is 3.47. The Bertz CT molecular complexity index is 1060. The fourth-order valence-electron chi connectivity index (χ4n) is 3.19. The summed E-state index contributed by atoms with van der Waals surface area (Å²) in [7, 11) is 0. The summed E-state index contributed by atoms with van der Waals surface area (Å²) < 4.78 is 3.21. The number of carbonyl (C=O) groups is 1. The second-order valence-electron chi connectivity index (χ2n) is 7.20. The van der Waals surface area contributed by atoms with Crippen LogP contribution in [-0.4, -0.2) is 30.4 Å². The zero-order chi connectivity index (χ0) is 21.3. The van der Waals surface area contributed by atoms with Crippen molar-refractivity contribution in [1.29, 1.82) is 0 Å². The second kappa shape index (κ2) is 7.86. The summed E-state index contributed by atoms with van der Waals surface area (Å²) in [6.45, 7) is 9.71. The van der Waals surface area contributed by atoms with Gasteiger partial charge in [-0.15, -0.1) is 0 Å². The molecule has 0 aliphatic heterocycles. The number of rotatable bonds is 6. The smallest absolute Gasteiger partial charge is 0.358 e. The number of carbonyl (C=O) groups excluding carboxylic acids is 1. The second-order valence-corrected chi connectivity index (χ2v) is 7.20. The molecule has 3 rings (SSSR count). The number of hydrogen-bond donors (Lipinski definition) is 1. The van der Waals surface area contributed by atoms with Gasteiger partial charge in [-0.05, 0) is 45.1 Å². The molecule has 0 saturated carbocycles. The van der Waals surface area contributed by atoms with Gasteiger partial charge in [0.05, 0.1) is 40.5 Å². The Hall–Kier alpha value is -3.49. The van der Waals surface area contributed by atoms with Crippen LogP contribution < -0.4 is 5.32 Å². The molecular weight excluding hydrogens is 372 g/mol. The molecule has 1 N–H and O–H groups in total. The van der Waals surface area contributed by atoms with E-state index >= 15 is 0 Å². The van der Waals surface area contributed by atoms with Crippen LogP contribution in [0.3, 0.4) is 0 Å². The molecule has 29 heavy (non-hydrogen) atoms. The van der Waals surface area contributed by atoms with Crippen molar-refractivity contribution in [3.05, 3.63) is 68.7 Å². The summed E-state index contributed by atoms with van der Waals surface area (Å²) in [6.07, 6.45) is 0. The average molecular weight is 396 g/mol. The number of anilines is 1. The van der Waals surface area contributed by atoms with Crippen molar-refractivity contribution in [2.45, 2.75) is 47.2 Å². The van der Waals surface area contributed by atoms with Crippen LogP contribution >= 0.6 is 0 Å². The summed E-state index contributed by atoms with van der Waals surface area (Å²) >= 11 is 0. The van der Waals surface area contributed by atoms with Crippen LogP contribution in [0.25, 0.3) is 0 Å². The van der Waals surface area contributed by atoms with E-state index in [9.17, 15) is 14.9 Å². The minimum atomic E-state index is -0.706. The highest BCUT2D eigenvalue weighted by molar-refractivity contribution is 5.94. The van der Waals surface area contributed by atoms with Crippen LogP contribution in [0, 0.1) is 37.8 Å². The van der Waals surface area contributed by atoms with Crippen LogP contribution in [0.5, 0.6) is 0 Å². The van der Waals surface area contributed by atoms with Gasteiger partial charge in [0.1, 0.15) is 6.04 Å². The third kappa shape index (κ3) is 4.18. The Morgan fingerprint density at radius 2 is 1.83 bits per heavy atom. The van der Waals surface area contributed by atoms with Gasteiger partial charge in [0, 0.05) is 0 Å². The van der Waals surface area contributed by atoms with Crippen LogP contribution in [0.2, 0.25) is 0 Å². The van der Waals surface area contributed by atoms with Gasteiger partial charge in [-0.25, -0.2) is 0 Å². The molecule has 0 saturated heterocycles. The van der Waals surface area contributed by atoms with Crippen molar-refractivity contribution < 1.29 is 9.72 Å². The molecule has 0 spiro atoms. The highest BCUT2D eigenvalue weighted by atomic mass is 16.6. The SMILES string of the molecule is Cc1ccc(Cn2nc(C)c(NC(=O)C(C)n3nc([N+](=O)[O-])cc3C)c2C)cc1. The largest absolute Gasteiger partial charge is 0.390 e. The van der Waals surface area contributed by atoms with Crippen LogP contribution in [-0.2, 0) is 11.3 Å². The highest BCUT2D eigenvalue weighted by Gasteiger charge is 2.26. The van der Waals surface area contributed by atoms with Crippen molar-refractivity contribution in [2.24, 2.45) is 0 Å². The maximum Gasteiger partial charge on any atom is 0.390 e. The summed E-state index contributed by atoms with van der Waals surface area (Å²) in [5.74, 6) is -0.590. The number of nitro groups is 1. The maximum absolute atomic E-state index is 12.8. The Morgan fingerprint density at radius 1 is 1.17 bits per heavy atom. The number of aromatic nitrogens is 4. The molecule has 2 aromatic heterocycles. The molecule has 0 fully saturated rings. The molecule has 0 aliphatic rings. The third-order valence-corrected chi connectivity index (χ3v) is 4.93. The lowest BCUT2D eigenvalue weighted by Gasteiger charge is -2.12. The fourth-order valence-corrected chi connectivity index (χ4v) is 3.19. The van der Waals surface area contributed by atoms with E-state index in [2.05, 4.69) is 39.8 Å². The van der Waals surface area contributed by atoms with Crippen molar-refractivity contribution in [1.82, 2.24) is 19.6 Å². The number of nitrogens with one attached hydrogen (secondary N) is 1. The molecule has 0 radical (unpaired) electrons. The van der Waals surface area contributed by atoms with Crippen molar-refractivity contribution in [3.63, 3.8) is 0 Å². The minimum Gasteiger partial charge on any atom is -0.358 e. The first-order valence-electron chi connectivity index (χ1n) is 9.28. The first kappa shape index (κ1) is 20.2. The summed E-state index contributed by atoms with van der Waals surface area (Å²) in [5.41, 5.74) is 5.05. The Kier molecular flexibility index (Phi) is 5.49. The number of amides is 1. The molecule has 1 atom stereocenters. The van der Waals surface area contributed by atoms with Crippen molar-refractivity contribution in [2.75, 3.05) is 5.32 Å². The Morgan fingerprint density at radius 3 is 2.41 bits per heavy atom. The minimum absolute atomic E-state index is 0.277. The van der Waals surface area contributed by atoms with E-state index < -0.39 is 11.0 Å². The van der Waals surface area contributed by atoms with E-state index in [4.69, 9.17) is 0 Å². The highest BCUT2D eigenvalue weighted by Crippen LogP contribution is 2.23. The normalized spacial score (nSPS) is 12.0. The van der Waals surface area contributed by atoms with E-state index in [0.717, 1.165) is 11.3 Å². The number of hydrogen-bond acceptors (Lipinski definition) is 5. The van der Waals surface area contributed by atoms with Gasteiger partial charge in [0.2, 0.25) is 0 Å². The number of nitrogens with zero attached hydrogens (tertiary/aromatic N) is 5. The van der Waals surface area contributed by atoms with E-state index in [1.54, 1.807) is 13.8 Å². The molecule has 1 aromatic carbocycles. The molecular formula is C20H24N6O3. The standard InChI is InChI=1S/C20H24N6O3/c1-12-6-8-17(9-7-12)11-24-15(4)19(14(3)22-24)21-20(27)16(5)25-13(2)10-18(23-25)26(28)29/h6-10,16H,11H2,1-5H3,(H,21,27). The average Bonchev–Trinajstić information content (AvgIpc) is 3.18. The lowest BCUT2D eigenvalue weighted by atomic mass is 10.1. The molecule has 1 amide bonds. The van der Waals surface area contributed by atoms with Gasteiger partial charge in [-0.1, -0.05) is 29.8 Å². The summed E-state index contributed by atoms with van der Waals surface area (Å²) in [6, 6.07) is 8.86. The molecule has 3 aromatic rings. The van der Waals surface area contributed by atoms with Gasteiger partial charge in [-0.3, -0.25) is 9.48 Å². The topological polar surface area (TPSA) is 108 Å². The van der Waals surface area contributed by atoms with E-state index in [1.165, 1.54) is 16.3 Å². The summed E-state index contributed by atoms with van der Waals surface area (Å²) in [5, 5.41) is 22.3. The molecule has 9 heteroatoms. The molecule has 0 bridgehead atoms. The number of aryl methyl sites for hydroxylation is 3. The van der Waals surface area contributed by atoms with Gasteiger partial charge in [-0.2, -0.15) is 9.78 Å². The number of benzene rings is 1. The van der Waals surface area contributed by atoms with Gasteiger partial charge in [0.15, 0.2) is 0 Å². The molecule has 1 unspecified atom stereocenters. The van der Waals surface area contributed by atoms with Crippen LogP contribution in [0.1, 0.15) is 41.2 Å². The zero-order valence-corrected chi connectivity index (χ0v) is 17.1. The van der Waals surface area contributed by atoms with E-state index in [-0.39, 0.29) is 11.7 Å². The Labute approximate surface area is 168 Å². The predicted molar refractivity (Wildman–Crippen MR) is 109 cm³/mol. The first-order chi connectivity index (χ1) is 13.7. The lowest BCUT2D eigenvalue weighted by Crippen LogP contribution is -2.25. The molecule has 9 nitrogen and oxygen atoms in total. The maximum atomic E-state index is 12.8. The van der Waals surface area contributed by atoms with Crippen molar-refractivity contribution in [3.8, 4) is 0 Å².